The highest BCUT2D eigenvalue weighted by molar-refractivity contribution is 7.15. The molecule has 0 aliphatic carbocycles. The maximum absolute atomic E-state index is 13.0. The first-order valence-electron chi connectivity index (χ1n) is 11.7. The van der Waals surface area contributed by atoms with Gasteiger partial charge in [-0.3, -0.25) is 19.3 Å². The number of nitrogens with zero attached hydrogens (tertiary/aromatic N) is 5. The lowest BCUT2D eigenvalue weighted by molar-refractivity contribution is -0.126. The Kier molecular flexibility index (Phi) is 8.20. The van der Waals surface area contributed by atoms with Gasteiger partial charge in [0.15, 0.2) is 0 Å². The van der Waals surface area contributed by atoms with Gasteiger partial charge in [0.05, 0.1) is 5.92 Å². The molecule has 3 amide bonds. The Labute approximate surface area is 203 Å². The van der Waals surface area contributed by atoms with Gasteiger partial charge in [0, 0.05) is 58.0 Å². The second kappa shape index (κ2) is 11.5. The average Bonchev–Trinajstić information content (AvgIpc) is 3.36. The van der Waals surface area contributed by atoms with Crippen LogP contribution in [-0.4, -0.2) is 102 Å². The molecule has 11 heteroatoms. The molecule has 2 saturated heterocycles. The van der Waals surface area contributed by atoms with E-state index < -0.39 is 5.91 Å². The zero-order chi connectivity index (χ0) is 23.9. The van der Waals surface area contributed by atoms with Crippen LogP contribution in [0, 0.1) is 5.92 Å². The third kappa shape index (κ3) is 6.37. The summed E-state index contributed by atoms with van der Waals surface area (Å²) in [5.41, 5.74) is 0.646. The van der Waals surface area contributed by atoms with Crippen LogP contribution in [0.5, 0.6) is 0 Å². The van der Waals surface area contributed by atoms with Crippen molar-refractivity contribution in [1.29, 1.82) is 0 Å². The highest BCUT2D eigenvalue weighted by Gasteiger charge is 2.31. The molecule has 0 unspecified atom stereocenters. The van der Waals surface area contributed by atoms with Gasteiger partial charge in [-0.15, -0.1) is 10.2 Å². The summed E-state index contributed by atoms with van der Waals surface area (Å²) in [6.45, 7) is 6.51. The fourth-order valence-electron chi connectivity index (χ4n) is 4.17. The van der Waals surface area contributed by atoms with E-state index in [9.17, 15) is 14.4 Å². The molecule has 34 heavy (non-hydrogen) atoms. The molecule has 1 aromatic heterocycles. The number of nitrogens with one attached hydrogen (secondary N) is 2. The number of carbonyl (C=O) groups is 3. The van der Waals surface area contributed by atoms with E-state index in [0.717, 1.165) is 56.9 Å². The predicted octanol–water partition coefficient (Wildman–Crippen LogP) is 1.01. The molecule has 2 aromatic rings. The second-order valence-electron chi connectivity index (χ2n) is 8.76. The summed E-state index contributed by atoms with van der Waals surface area (Å²) in [6, 6.07) is 9.04. The molecule has 2 N–H and O–H groups in total. The number of carbonyl (C=O) groups excluding carboxylic acids is 3. The molecule has 1 atom stereocenters. The number of benzene rings is 1. The lowest BCUT2D eigenvalue weighted by atomic mass is 9.97. The van der Waals surface area contributed by atoms with Crippen molar-refractivity contribution in [3.05, 3.63) is 40.3 Å². The topological polar surface area (TPSA) is 111 Å². The number of likely N-dealkylation sites (N-methyl/N-ethyl adjacent to an activating group) is 1. The largest absolute Gasteiger partial charge is 0.355 e. The number of aromatic nitrogens is 2. The Morgan fingerprint density at radius 2 is 1.76 bits per heavy atom. The minimum Gasteiger partial charge on any atom is -0.355 e. The quantitative estimate of drug-likeness (QED) is 0.602. The first kappa shape index (κ1) is 24.2. The van der Waals surface area contributed by atoms with Crippen LogP contribution in [0.4, 0.5) is 5.69 Å². The molecule has 4 rings (SSSR count). The summed E-state index contributed by atoms with van der Waals surface area (Å²) in [7, 11) is 2.12. The second-order valence-corrected chi connectivity index (χ2v) is 9.74. The van der Waals surface area contributed by atoms with Crippen LogP contribution in [0.15, 0.2) is 30.3 Å². The lowest BCUT2D eigenvalue weighted by Gasteiger charge is -2.33. The Balaban J connectivity index is 1.26. The van der Waals surface area contributed by atoms with Crippen molar-refractivity contribution < 1.29 is 14.4 Å². The predicted molar refractivity (Wildman–Crippen MR) is 130 cm³/mol. The zero-order valence-corrected chi connectivity index (χ0v) is 20.2. The minimum atomic E-state index is -0.404. The van der Waals surface area contributed by atoms with Crippen LogP contribution in [-0.2, 0) is 4.79 Å². The molecule has 0 bridgehead atoms. The smallest absolute Gasteiger partial charge is 0.286 e. The van der Waals surface area contributed by atoms with Crippen molar-refractivity contribution in [3.8, 4) is 0 Å². The molecule has 0 saturated carbocycles. The fraction of sp³-hybridized carbons (Fsp3) is 0.522. The van der Waals surface area contributed by atoms with Gasteiger partial charge < -0.3 is 20.4 Å². The van der Waals surface area contributed by atoms with E-state index in [4.69, 9.17) is 0 Å². The maximum Gasteiger partial charge on any atom is 0.286 e. The number of para-hydroxylation sites is 1. The normalized spacial score (nSPS) is 19.6. The Morgan fingerprint density at radius 3 is 2.53 bits per heavy atom. The number of piperidine rings is 1. The third-order valence-electron chi connectivity index (χ3n) is 6.24. The summed E-state index contributed by atoms with van der Waals surface area (Å²) in [4.78, 5) is 44.4. The third-order valence-corrected chi connectivity index (χ3v) is 7.15. The molecule has 10 nitrogen and oxygen atoms in total. The van der Waals surface area contributed by atoms with Crippen LogP contribution < -0.4 is 10.6 Å². The van der Waals surface area contributed by atoms with E-state index in [-0.39, 0.29) is 27.7 Å². The Morgan fingerprint density at radius 1 is 1.03 bits per heavy atom. The van der Waals surface area contributed by atoms with Gasteiger partial charge in [0.2, 0.25) is 15.9 Å². The minimum absolute atomic E-state index is 0.00757. The van der Waals surface area contributed by atoms with Crippen molar-refractivity contribution >= 4 is 34.7 Å². The number of amides is 3. The van der Waals surface area contributed by atoms with E-state index in [1.165, 1.54) is 0 Å². The molecular formula is C23H31N7O3S. The number of hydrogen-bond donors (Lipinski definition) is 2. The standard InChI is InChI=1S/C23H31N7O3S/c1-28-12-14-29(15-13-28)11-9-24-19(31)17-6-5-10-30(16-17)23(33)22-27-26-21(34-22)20(32)25-18-7-3-2-4-8-18/h2-4,7-8,17H,5-6,9-16H2,1H3,(H,24,31)(H,25,32)/t17-/m0/s1. The fourth-order valence-corrected chi connectivity index (χ4v) is 4.88. The summed E-state index contributed by atoms with van der Waals surface area (Å²) in [5.74, 6) is -0.934. The first-order valence-corrected chi connectivity index (χ1v) is 12.5. The molecule has 2 aliphatic heterocycles. The molecule has 0 spiro atoms. The molecule has 2 aliphatic rings. The van der Waals surface area contributed by atoms with Crippen molar-refractivity contribution in [2.45, 2.75) is 12.8 Å². The van der Waals surface area contributed by atoms with E-state index >= 15 is 0 Å². The van der Waals surface area contributed by atoms with Crippen LogP contribution in [0.1, 0.15) is 32.4 Å². The summed E-state index contributed by atoms with van der Waals surface area (Å²) in [5, 5.41) is 13.9. The summed E-state index contributed by atoms with van der Waals surface area (Å²) < 4.78 is 0. The molecular weight excluding hydrogens is 454 g/mol. The first-order chi connectivity index (χ1) is 16.5. The molecule has 1 aromatic carbocycles. The Hall–Kier alpha value is -2.89. The van der Waals surface area contributed by atoms with Gasteiger partial charge in [-0.2, -0.15) is 0 Å². The molecule has 0 radical (unpaired) electrons. The highest BCUT2D eigenvalue weighted by Crippen LogP contribution is 2.21. The van der Waals surface area contributed by atoms with Crippen LogP contribution >= 0.6 is 11.3 Å². The number of likely N-dealkylation sites (tertiary alicyclic amines) is 1. The summed E-state index contributed by atoms with van der Waals surface area (Å²) in [6.07, 6.45) is 1.51. The molecule has 182 valence electrons. The van der Waals surface area contributed by atoms with Crippen LogP contribution in [0.25, 0.3) is 0 Å². The number of piperazine rings is 1. The van der Waals surface area contributed by atoms with Gasteiger partial charge in [0.25, 0.3) is 11.8 Å². The highest BCUT2D eigenvalue weighted by atomic mass is 32.1. The van der Waals surface area contributed by atoms with Crippen molar-refractivity contribution in [1.82, 2.24) is 30.2 Å². The lowest BCUT2D eigenvalue weighted by Crippen LogP contribution is -2.49. The SMILES string of the molecule is CN1CCN(CCNC(=O)[C@H]2CCCN(C(=O)c3nnc(C(=O)Nc4ccccc4)s3)C2)CC1. The van der Waals surface area contributed by atoms with Crippen LogP contribution in [0.3, 0.4) is 0 Å². The van der Waals surface area contributed by atoms with E-state index in [0.29, 0.717) is 25.3 Å². The van der Waals surface area contributed by atoms with Gasteiger partial charge in [-0.1, -0.05) is 29.5 Å². The number of anilines is 1. The van der Waals surface area contributed by atoms with Crippen molar-refractivity contribution in [3.63, 3.8) is 0 Å². The molecule has 3 heterocycles. The van der Waals surface area contributed by atoms with E-state index in [2.05, 4.69) is 37.7 Å². The Bertz CT molecular complexity index is 991. The maximum atomic E-state index is 13.0. The average molecular weight is 486 g/mol. The summed E-state index contributed by atoms with van der Waals surface area (Å²) >= 11 is 0.966. The van der Waals surface area contributed by atoms with Crippen molar-refractivity contribution in [2.75, 3.05) is 64.7 Å². The van der Waals surface area contributed by atoms with Gasteiger partial charge in [-0.05, 0) is 32.0 Å². The number of rotatable bonds is 7. The number of hydrogen-bond acceptors (Lipinski definition) is 8. The van der Waals surface area contributed by atoms with E-state index in [1.54, 1.807) is 17.0 Å². The van der Waals surface area contributed by atoms with Gasteiger partial charge in [-0.25, -0.2) is 0 Å². The monoisotopic (exact) mass is 485 g/mol. The molecule has 2 fully saturated rings. The van der Waals surface area contributed by atoms with Gasteiger partial charge in [0.1, 0.15) is 0 Å². The zero-order valence-electron chi connectivity index (χ0n) is 19.4. The van der Waals surface area contributed by atoms with Gasteiger partial charge >= 0.3 is 0 Å². The van der Waals surface area contributed by atoms with Crippen molar-refractivity contribution in [2.24, 2.45) is 5.92 Å². The van der Waals surface area contributed by atoms with Crippen LogP contribution in [0.2, 0.25) is 0 Å². The van der Waals surface area contributed by atoms with E-state index in [1.807, 2.05) is 18.2 Å².